The molecule has 0 bridgehead atoms. The molecule has 2 N–H and O–H groups in total. The normalized spacial score (nSPS) is 31.1. The molecule has 1 atom stereocenters. The van der Waals surface area contributed by atoms with Crippen LogP contribution in [0.25, 0.3) is 0 Å². The molecule has 100 valence electrons. The summed E-state index contributed by atoms with van der Waals surface area (Å²) in [4.78, 5) is 2.39. The van der Waals surface area contributed by atoms with Gasteiger partial charge in [0.15, 0.2) is 0 Å². The zero-order valence-electron chi connectivity index (χ0n) is 11.0. The van der Waals surface area contributed by atoms with Crippen molar-refractivity contribution in [2.45, 2.75) is 43.7 Å². The fourth-order valence-corrected chi connectivity index (χ4v) is 2.71. The van der Waals surface area contributed by atoms with Crippen molar-refractivity contribution in [2.24, 2.45) is 0 Å². The predicted molar refractivity (Wildman–Crippen MR) is 68.1 cm³/mol. The molecule has 1 unspecified atom stereocenters. The Bertz CT molecular complexity index is 229. The Kier molecular flexibility index (Phi) is 4.79. The summed E-state index contributed by atoms with van der Waals surface area (Å²) in [6.07, 6.45) is 5.23. The molecule has 0 aromatic carbocycles. The standard InChI is InChI=1S/C13H26N2O2/c1-15-7-2-3-12(4-8-15)14-11-13(16)5-9-17-10-6-13/h12,14,16H,2-11H2,1H3. The highest BCUT2D eigenvalue weighted by Crippen LogP contribution is 2.20. The van der Waals surface area contributed by atoms with Crippen LogP contribution in [0.2, 0.25) is 0 Å². The van der Waals surface area contributed by atoms with Crippen LogP contribution in [-0.2, 0) is 4.74 Å². The van der Waals surface area contributed by atoms with E-state index in [0.29, 0.717) is 19.3 Å². The highest BCUT2D eigenvalue weighted by atomic mass is 16.5. The van der Waals surface area contributed by atoms with Gasteiger partial charge in [-0.05, 0) is 39.4 Å². The van der Waals surface area contributed by atoms with Crippen LogP contribution in [0.3, 0.4) is 0 Å². The number of nitrogens with one attached hydrogen (secondary N) is 1. The lowest BCUT2D eigenvalue weighted by Crippen LogP contribution is -2.48. The van der Waals surface area contributed by atoms with Crippen LogP contribution in [0.5, 0.6) is 0 Å². The first-order valence-electron chi connectivity index (χ1n) is 6.90. The van der Waals surface area contributed by atoms with Crippen LogP contribution < -0.4 is 5.32 Å². The Labute approximate surface area is 104 Å². The summed E-state index contributed by atoms with van der Waals surface area (Å²) in [5.41, 5.74) is -0.531. The predicted octanol–water partition coefficient (Wildman–Crippen LogP) is 0.602. The molecule has 0 aromatic heterocycles. The van der Waals surface area contributed by atoms with Crippen LogP contribution in [-0.4, -0.2) is 61.5 Å². The lowest BCUT2D eigenvalue weighted by atomic mass is 9.93. The van der Waals surface area contributed by atoms with Gasteiger partial charge in [-0.2, -0.15) is 0 Å². The maximum Gasteiger partial charge on any atom is 0.0815 e. The highest BCUT2D eigenvalue weighted by molar-refractivity contribution is 4.85. The smallest absolute Gasteiger partial charge is 0.0815 e. The number of ether oxygens (including phenoxy) is 1. The van der Waals surface area contributed by atoms with Crippen LogP contribution in [0.15, 0.2) is 0 Å². The number of hydrogen-bond acceptors (Lipinski definition) is 4. The minimum Gasteiger partial charge on any atom is -0.388 e. The third-order valence-electron chi connectivity index (χ3n) is 4.10. The van der Waals surface area contributed by atoms with E-state index in [-0.39, 0.29) is 0 Å². The summed E-state index contributed by atoms with van der Waals surface area (Å²) < 4.78 is 5.30. The third kappa shape index (κ3) is 4.21. The number of rotatable bonds is 3. The average molecular weight is 242 g/mol. The topological polar surface area (TPSA) is 44.7 Å². The molecule has 0 saturated carbocycles. The van der Waals surface area contributed by atoms with Crippen molar-refractivity contribution in [2.75, 3.05) is 39.9 Å². The van der Waals surface area contributed by atoms with E-state index in [1.807, 2.05) is 0 Å². The lowest BCUT2D eigenvalue weighted by Gasteiger charge is -2.33. The van der Waals surface area contributed by atoms with Gasteiger partial charge in [0.05, 0.1) is 5.60 Å². The second-order valence-corrected chi connectivity index (χ2v) is 5.65. The molecule has 0 aromatic rings. The molecule has 2 aliphatic heterocycles. The molecular formula is C13H26N2O2. The molecule has 4 heteroatoms. The Morgan fingerprint density at radius 2 is 2.06 bits per heavy atom. The fraction of sp³-hybridized carbons (Fsp3) is 1.00. The molecule has 4 nitrogen and oxygen atoms in total. The number of hydrogen-bond donors (Lipinski definition) is 2. The Balaban J connectivity index is 1.73. The molecule has 2 aliphatic rings. The van der Waals surface area contributed by atoms with Crippen molar-refractivity contribution in [3.8, 4) is 0 Å². The van der Waals surface area contributed by atoms with Crippen molar-refractivity contribution in [1.82, 2.24) is 10.2 Å². The molecule has 0 aliphatic carbocycles. The molecule has 2 rings (SSSR count). The van der Waals surface area contributed by atoms with Gasteiger partial charge in [0.25, 0.3) is 0 Å². The Morgan fingerprint density at radius 3 is 2.82 bits per heavy atom. The van der Waals surface area contributed by atoms with Crippen LogP contribution in [0.4, 0.5) is 0 Å². The summed E-state index contributed by atoms with van der Waals surface area (Å²) >= 11 is 0. The molecule has 0 amide bonds. The fourth-order valence-electron chi connectivity index (χ4n) is 2.71. The largest absolute Gasteiger partial charge is 0.388 e. The van der Waals surface area contributed by atoms with E-state index < -0.39 is 5.60 Å². The molecule has 2 fully saturated rings. The molecule has 17 heavy (non-hydrogen) atoms. The zero-order chi connectivity index (χ0) is 12.1. The maximum atomic E-state index is 10.4. The van der Waals surface area contributed by atoms with E-state index >= 15 is 0 Å². The van der Waals surface area contributed by atoms with Gasteiger partial charge in [0, 0.05) is 38.6 Å². The first kappa shape index (κ1) is 13.3. The summed E-state index contributed by atoms with van der Waals surface area (Å²) in [6, 6.07) is 0.576. The van der Waals surface area contributed by atoms with E-state index in [2.05, 4.69) is 17.3 Å². The first-order valence-corrected chi connectivity index (χ1v) is 6.90. The number of aliphatic hydroxyl groups is 1. The highest BCUT2D eigenvalue weighted by Gasteiger charge is 2.30. The van der Waals surface area contributed by atoms with E-state index in [1.165, 1.54) is 32.4 Å². The minimum atomic E-state index is -0.531. The summed E-state index contributed by atoms with van der Waals surface area (Å²) in [6.45, 7) is 4.50. The van der Waals surface area contributed by atoms with Gasteiger partial charge in [-0.25, -0.2) is 0 Å². The van der Waals surface area contributed by atoms with E-state index in [9.17, 15) is 5.11 Å². The molecular weight excluding hydrogens is 216 g/mol. The summed E-state index contributed by atoms with van der Waals surface area (Å²) in [5, 5.41) is 13.9. The van der Waals surface area contributed by atoms with Gasteiger partial charge < -0.3 is 20.1 Å². The number of nitrogens with zero attached hydrogens (tertiary/aromatic N) is 1. The Morgan fingerprint density at radius 1 is 1.29 bits per heavy atom. The quantitative estimate of drug-likeness (QED) is 0.761. The molecule has 2 saturated heterocycles. The SMILES string of the molecule is CN1CCCC(NCC2(O)CCOCC2)CC1. The van der Waals surface area contributed by atoms with Crippen molar-refractivity contribution in [3.05, 3.63) is 0 Å². The van der Waals surface area contributed by atoms with E-state index in [0.717, 1.165) is 19.4 Å². The van der Waals surface area contributed by atoms with E-state index in [4.69, 9.17) is 4.74 Å². The van der Waals surface area contributed by atoms with Gasteiger partial charge in [-0.1, -0.05) is 0 Å². The first-order chi connectivity index (χ1) is 8.18. The van der Waals surface area contributed by atoms with Crippen LogP contribution in [0.1, 0.15) is 32.1 Å². The van der Waals surface area contributed by atoms with Gasteiger partial charge >= 0.3 is 0 Å². The van der Waals surface area contributed by atoms with Gasteiger partial charge in [0.2, 0.25) is 0 Å². The second kappa shape index (κ2) is 6.14. The minimum absolute atomic E-state index is 0.531. The van der Waals surface area contributed by atoms with Gasteiger partial charge in [-0.15, -0.1) is 0 Å². The maximum absolute atomic E-state index is 10.4. The average Bonchev–Trinajstić information content (AvgIpc) is 2.53. The van der Waals surface area contributed by atoms with Crippen LogP contribution in [0, 0.1) is 0 Å². The van der Waals surface area contributed by atoms with E-state index in [1.54, 1.807) is 0 Å². The molecule has 0 radical (unpaired) electrons. The van der Waals surface area contributed by atoms with Gasteiger partial charge in [-0.3, -0.25) is 0 Å². The van der Waals surface area contributed by atoms with Gasteiger partial charge in [0.1, 0.15) is 0 Å². The monoisotopic (exact) mass is 242 g/mol. The lowest BCUT2D eigenvalue weighted by molar-refractivity contribution is -0.0629. The van der Waals surface area contributed by atoms with Crippen LogP contribution >= 0.6 is 0 Å². The van der Waals surface area contributed by atoms with Crippen molar-refractivity contribution >= 4 is 0 Å². The summed E-state index contributed by atoms with van der Waals surface area (Å²) in [7, 11) is 2.19. The second-order valence-electron chi connectivity index (χ2n) is 5.65. The Hall–Kier alpha value is -0.160. The molecule has 0 spiro atoms. The van der Waals surface area contributed by atoms with Crippen molar-refractivity contribution in [1.29, 1.82) is 0 Å². The summed E-state index contributed by atoms with van der Waals surface area (Å²) in [5.74, 6) is 0. The van der Waals surface area contributed by atoms with Crippen molar-refractivity contribution < 1.29 is 9.84 Å². The zero-order valence-corrected chi connectivity index (χ0v) is 11.0. The van der Waals surface area contributed by atoms with Crippen molar-refractivity contribution in [3.63, 3.8) is 0 Å². The third-order valence-corrected chi connectivity index (χ3v) is 4.10. The number of likely N-dealkylation sites (tertiary alicyclic amines) is 1. The molecule has 2 heterocycles.